The molecule has 0 bridgehead atoms. The quantitative estimate of drug-likeness (QED) is 0.225. The third-order valence-corrected chi connectivity index (χ3v) is 6.35. The zero-order valence-electron chi connectivity index (χ0n) is 20.3. The molecule has 4 rings (SSSR count). The van der Waals surface area contributed by atoms with Crippen LogP contribution in [0.1, 0.15) is 57.5 Å². The second-order valence-corrected chi connectivity index (χ2v) is 8.80. The number of imidazole rings is 1. The molecule has 0 unspecified atom stereocenters. The first-order valence-electron chi connectivity index (χ1n) is 11.7. The molecule has 9 nitrogen and oxygen atoms in total. The zero-order chi connectivity index (χ0) is 25.8. The number of rotatable bonds is 7. The van der Waals surface area contributed by atoms with E-state index < -0.39 is 12.7 Å². The minimum absolute atomic E-state index is 0.0167. The summed E-state index contributed by atoms with van der Waals surface area (Å²) >= 11 is 0. The molecule has 36 heavy (non-hydrogen) atoms. The van der Waals surface area contributed by atoms with Crippen molar-refractivity contribution in [3.8, 4) is 11.9 Å². The standard InChI is InChI=1S/C25H28F2N8O/c1-15-10-19(7-9-34(15)13-28)32-16(2)23(33-29)18-11-21-24(35(14-31-21)25(26)27)22(12-18)36-17(3)20-6-4-5-8-30-20/h4-6,8,11-12,14-15,17,19,25H,7,9-10,29H2,1-3H3/b32-16?,33-23+/t15-,17-,19-/m1/s1. The van der Waals surface area contributed by atoms with Crippen molar-refractivity contribution in [2.75, 3.05) is 6.54 Å². The van der Waals surface area contributed by atoms with Crippen LogP contribution in [0.3, 0.4) is 0 Å². The van der Waals surface area contributed by atoms with Crippen molar-refractivity contribution in [3.05, 3.63) is 54.1 Å². The molecule has 0 spiro atoms. The number of nitrogens with two attached hydrogens (primary N) is 1. The molecule has 3 atom stereocenters. The number of piperidine rings is 1. The molecule has 1 saturated heterocycles. The number of aliphatic imine (C=N–C) groups is 1. The number of likely N-dealkylation sites (tertiary alicyclic amines) is 1. The normalized spacial score (nSPS) is 20.0. The van der Waals surface area contributed by atoms with E-state index in [9.17, 15) is 14.0 Å². The average molecular weight is 495 g/mol. The van der Waals surface area contributed by atoms with E-state index in [0.717, 1.165) is 23.7 Å². The number of nitrogens with zero attached hydrogens (tertiary/aromatic N) is 7. The summed E-state index contributed by atoms with van der Waals surface area (Å²) in [6.07, 6.45) is 5.90. The molecule has 188 valence electrons. The maximum atomic E-state index is 13.7. The van der Waals surface area contributed by atoms with E-state index >= 15 is 0 Å². The van der Waals surface area contributed by atoms with Crippen molar-refractivity contribution in [1.29, 1.82) is 5.26 Å². The fraction of sp³-hybridized carbons (Fsp3) is 0.400. The Morgan fingerprint density at radius 2 is 2.11 bits per heavy atom. The highest BCUT2D eigenvalue weighted by atomic mass is 19.3. The van der Waals surface area contributed by atoms with E-state index in [2.05, 4.69) is 21.3 Å². The van der Waals surface area contributed by atoms with Gasteiger partial charge in [-0.3, -0.25) is 14.5 Å². The molecule has 1 aliphatic rings. The molecular weight excluding hydrogens is 466 g/mol. The number of fused-ring (bicyclic) bond motifs is 1. The Labute approximate surface area is 207 Å². The van der Waals surface area contributed by atoms with Gasteiger partial charge in [-0.2, -0.15) is 19.1 Å². The topological polar surface area (TPSA) is 118 Å². The molecule has 1 fully saturated rings. The van der Waals surface area contributed by atoms with E-state index in [-0.39, 0.29) is 23.3 Å². The zero-order valence-corrected chi connectivity index (χ0v) is 20.3. The second kappa shape index (κ2) is 10.7. The summed E-state index contributed by atoms with van der Waals surface area (Å²) in [6, 6.07) is 8.82. The summed E-state index contributed by atoms with van der Waals surface area (Å²) < 4.78 is 34.4. The van der Waals surface area contributed by atoms with Crippen LogP contribution in [0, 0.1) is 11.5 Å². The first-order valence-corrected chi connectivity index (χ1v) is 11.7. The van der Waals surface area contributed by atoms with Gasteiger partial charge in [0.05, 0.1) is 23.0 Å². The van der Waals surface area contributed by atoms with Crippen molar-refractivity contribution in [2.45, 2.75) is 58.3 Å². The highest BCUT2D eigenvalue weighted by Crippen LogP contribution is 2.33. The Kier molecular flexibility index (Phi) is 7.43. The van der Waals surface area contributed by atoms with Gasteiger partial charge in [0.2, 0.25) is 0 Å². The Hall–Kier alpha value is -4.07. The number of pyridine rings is 1. The number of hydrazone groups is 1. The average Bonchev–Trinajstić information content (AvgIpc) is 3.30. The summed E-state index contributed by atoms with van der Waals surface area (Å²) in [4.78, 5) is 15.1. The van der Waals surface area contributed by atoms with Gasteiger partial charge in [0.25, 0.3) is 0 Å². The van der Waals surface area contributed by atoms with E-state index in [0.29, 0.717) is 34.7 Å². The van der Waals surface area contributed by atoms with Gasteiger partial charge in [-0.05, 0) is 57.9 Å². The number of alkyl halides is 2. The fourth-order valence-electron chi connectivity index (χ4n) is 4.50. The summed E-state index contributed by atoms with van der Waals surface area (Å²) in [5, 5.41) is 13.2. The van der Waals surface area contributed by atoms with E-state index in [4.69, 9.17) is 15.6 Å². The Morgan fingerprint density at radius 3 is 2.75 bits per heavy atom. The van der Waals surface area contributed by atoms with Crippen LogP contribution in [0.25, 0.3) is 11.0 Å². The number of ether oxygens (including phenoxy) is 1. The lowest BCUT2D eigenvalue weighted by molar-refractivity contribution is 0.0737. The number of halogens is 2. The highest BCUT2D eigenvalue weighted by Gasteiger charge is 2.26. The molecule has 0 radical (unpaired) electrons. The van der Waals surface area contributed by atoms with Gasteiger partial charge in [0.1, 0.15) is 29.4 Å². The van der Waals surface area contributed by atoms with Crippen LogP contribution in [0.5, 0.6) is 5.75 Å². The van der Waals surface area contributed by atoms with Crippen LogP contribution in [0.4, 0.5) is 8.78 Å². The van der Waals surface area contributed by atoms with Crippen molar-refractivity contribution >= 4 is 22.5 Å². The monoisotopic (exact) mass is 494 g/mol. The van der Waals surface area contributed by atoms with Gasteiger partial charge < -0.3 is 15.5 Å². The summed E-state index contributed by atoms with van der Waals surface area (Å²) in [6.45, 7) is 3.45. The fourth-order valence-corrected chi connectivity index (χ4v) is 4.50. The molecular formula is C25H28F2N8O. The third kappa shape index (κ3) is 5.12. The number of benzene rings is 1. The number of aromatic nitrogens is 3. The SMILES string of the molecule is CC(=N[C@@H]1CCN(C#N)[C@H](C)C1)/C(=N\N)c1cc(O[C@H](C)c2ccccn2)c2c(c1)ncn2C(F)F. The maximum absolute atomic E-state index is 13.7. The largest absolute Gasteiger partial charge is 0.482 e. The van der Waals surface area contributed by atoms with Gasteiger partial charge >= 0.3 is 6.55 Å². The summed E-state index contributed by atoms with van der Waals surface area (Å²) in [5.74, 6) is 5.99. The predicted molar refractivity (Wildman–Crippen MR) is 133 cm³/mol. The lowest BCUT2D eigenvalue weighted by atomic mass is 9.98. The van der Waals surface area contributed by atoms with Gasteiger partial charge in [-0.15, -0.1) is 0 Å². The molecule has 11 heteroatoms. The van der Waals surface area contributed by atoms with E-state index in [1.54, 1.807) is 42.3 Å². The molecule has 2 N–H and O–H groups in total. The predicted octanol–water partition coefficient (Wildman–Crippen LogP) is 4.42. The van der Waals surface area contributed by atoms with E-state index in [1.807, 2.05) is 19.9 Å². The van der Waals surface area contributed by atoms with Crippen molar-refractivity contribution in [2.24, 2.45) is 15.9 Å². The van der Waals surface area contributed by atoms with Gasteiger partial charge in [0, 0.05) is 24.3 Å². The van der Waals surface area contributed by atoms with Crippen LogP contribution in [-0.2, 0) is 0 Å². The molecule has 0 aliphatic carbocycles. The summed E-state index contributed by atoms with van der Waals surface area (Å²) in [5.41, 5.74) is 2.71. The van der Waals surface area contributed by atoms with Crippen LogP contribution < -0.4 is 10.6 Å². The molecule has 0 amide bonds. The first kappa shape index (κ1) is 25.0. The lowest BCUT2D eigenvalue weighted by Gasteiger charge is -2.32. The number of hydrogen-bond donors (Lipinski definition) is 1. The minimum Gasteiger partial charge on any atom is -0.482 e. The van der Waals surface area contributed by atoms with Gasteiger partial charge in [-0.25, -0.2) is 4.98 Å². The first-order chi connectivity index (χ1) is 17.3. The molecule has 1 aromatic carbocycles. The van der Waals surface area contributed by atoms with Gasteiger partial charge in [-0.1, -0.05) is 6.07 Å². The summed E-state index contributed by atoms with van der Waals surface area (Å²) in [7, 11) is 0. The molecule has 1 aliphatic heterocycles. The number of nitriles is 1. The Morgan fingerprint density at radius 1 is 1.31 bits per heavy atom. The molecule has 0 saturated carbocycles. The van der Waals surface area contributed by atoms with Crippen molar-refractivity contribution in [1.82, 2.24) is 19.4 Å². The van der Waals surface area contributed by atoms with Crippen molar-refractivity contribution in [3.63, 3.8) is 0 Å². The molecule has 2 aromatic heterocycles. The minimum atomic E-state index is -2.79. The van der Waals surface area contributed by atoms with Crippen LogP contribution in [0.2, 0.25) is 0 Å². The third-order valence-electron chi connectivity index (χ3n) is 6.35. The van der Waals surface area contributed by atoms with Crippen LogP contribution in [0.15, 0.2) is 52.9 Å². The van der Waals surface area contributed by atoms with Crippen LogP contribution in [-0.4, -0.2) is 49.5 Å². The maximum Gasteiger partial charge on any atom is 0.320 e. The van der Waals surface area contributed by atoms with E-state index in [1.165, 1.54) is 0 Å². The Bertz CT molecular complexity index is 1310. The molecule has 3 heterocycles. The molecule has 3 aromatic rings. The second-order valence-electron chi connectivity index (χ2n) is 8.80. The highest BCUT2D eigenvalue weighted by molar-refractivity contribution is 6.47. The van der Waals surface area contributed by atoms with Crippen molar-refractivity contribution < 1.29 is 13.5 Å². The van der Waals surface area contributed by atoms with Crippen LogP contribution >= 0.6 is 0 Å². The Balaban J connectivity index is 1.71. The smallest absolute Gasteiger partial charge is 0.320 e. The number of hydrogen-bond acceptors (Lipinski definition) is 8. The lowest BCUT2D eigenvalue weighted by Crippen LogP contribution is -2.39. The van der Waals surface area contributed by atoms with Gasteiger partial charge in [0.15, 0.2) is 6.19 Å².